The molecule has 0 spiro atoms. The van der Waals surface area contributed by atoms with Crippen molar-refractivity contribution in [3.8, 4) is 11.4 Å². The van der Waals surface area contributed by atoms with Gasteiger partial charge in [0.25, 0.3) is 0 Å². The quantitative estimate of drug-likeness (QED) is 0.625. The number of hydrogen-bond acceptors (Lipinski definition) is 8. The zero-order valence-corrected chi connectivity index (χ0v) is 16.7. The second-order valence-electron chi connectivity index (χ2n) is 6.65. The number of para-hydroxylation sites is 1. The lowest BCUT2D eigenvalue weighted by Crippen LogP contribution is -2.38. The lowest BCUT2D eigenvalue weighted by molar-refractivity contribution is 0.0526. The van der Waals surface area contributed by atoms with Gasteiger partial charge in [0.1, 0.15) is 11.4 Å². The molecule has 30 heavy (non-hydrogen) atoms. The second kappa shape index (κ2) is 9.32. The summed E-state index contributed by atoms with van der Waals surface area (Å²) >= 11 is 0. The molecule has 1 fully saturated rings. The largest absolute Gasteiger partial charge is 0.462 e. The van der Waals surface area contributed by atoms with Crippen molar-refractivity contribution in [2.45, 2.75) is 6.92 Å². The first-order chi connectivity index (χ1) is 14.8. The maximum atomic E-state index is 13.0. The predicted octanol–water partition coefficient (Wildman–Crippen LogP) is 3.30. The molecule has 8 heteroatoms. The van der Waals surface area contributed by atoms with Gasteiger partial charge >= 0.3 is 5.97 Å². The molecule has 0 bridgehead atoms. The molecule has 1 aliphatic heterocycles. The Morgan fingerprint density at radius 3 is 2.63 bits per heavy atom. The molecule has 1 aliphatic rings. The van der Waals surface area contributed by atoms with Crippen molar-refractivity contribution in [3.05, 3.63) is 60.4 Å². The number of pyridine rings is 1. The third-order valence-corrected chi connectivity index (χ3v) is 4.64. The van der Waals surface area contributed by atoms with Crippen LogP contribution in [-0.4, -0.2) is 53.8 Å². The fourth-order valence-electron chi connectivity index (χ4n) is 3.22. The van der Waals surface area contributed by atoms with Gasteiger partial charge in [0.15, 0.2) is 11.6 Å². The fraction of sp³-hybridized carbons (Fsp3) is 0.273. The highest BCUT2D eigenvalue weighted by Crippen LogP contribution is 2.31. The average Bonchev–Trinajstić information content (AvgIpc) is 2.80. The van der Waals surface area contributed by atoms with E-state index in [4.69, 9.17) is 14.5 Å². The minimum Gasteiger partial charge on any atom is -0.462 e. The SMILES string of the molecule is CCOC(=O)c1c(Nc2ccccc2)nc(-c2cccnc2)nc1N1CCOCC1. The molecular weight excluding hydrogens is 382 g/mol. The number of carbonyl (C=O) groups is 1. The third kappa shape index (κ3) is 4.38. The van der Waals surface area contributed by atoms with Gasteiger partial charge in [-0.05, 0) is 31.2 Å². The van der Waals surface area contributed by atoms with E-state index >= 15 is 0 Å². The lowest BCUT2D eigenvalue weighted by atomic mass is 10.2. The molecule has 154 valence electrons. The summed E-state index contributed by atoms with van der Waals surface area (Å²) in [5.41, 5.74) is 1.89. The minimum absolute atomic E-state index is 0.260. The molecular formula is C22H23N5O3. The van der Waals surface area contributed by atoms with Gasteiger partial charge in [-0.15, -0.1) is 0 Å². The summed E-state index contributed by atoms with van der Waals surface area (Å²) in [4.78, 5) is 28.6. The van der Waals surface area contributed by atoms with E-state index in [0.29, 0.717) is 49.3 Å². The van der Waals surface area contributed by atoms with E-state index in [1.165, 1.54) is 0 Å². The number of anilines is 3. The van der Waals surface area contributed by atoms with Crippen LogP contribution >= 0.6 is 0 Å². The van der Waals surface area contributed by atoms with Crippen molar-refractivity contribution in [2.75, 3.05) is 43.1 Å². The molecule has 0 radical (unpaired) electrons. The second-order valence-corrected chi connectivity index (χ2v) is 6.65. The van der Waals surface area contributed by atoms with Crippen molar-refractivity contribution in [2.24, 2.45) is 0 Å². The van der Waals surface area contributed by atoms with Crippen LogP contribution in [0.4, 0.5) is 17.3 Å². The molecule has 1 saturated heterocycles. The Labute approximate surface area is 174 Å². The lowest BCUT2D eigenvalue weighted by Gasteiger charge is -2.30. The molecule has 4 rings (SSSR count). The first-order valence-corrected chi connectivity index (χ1v) is 9.90. The van der Waals surface area contributed by atoms with E-state index < -0.39 is 5.97 Å². The number of carbonyl (C=O) groups excluding carboxylic acids is 1. The zero-order valence-electron chi connectivity index (χ0n) is 16.7. The highest BCUT2D eigenvalue weighted by atomic mass is 16.5. The van der Waals surface area contributed by atoms with E-state index in [9.17, 15) is 4.79 Å². The number of morpholine rings is 1. The number of rotatable bonds is 6. The summed E-state index contributed by atoms with van der Waals surface area (Å²) in [6.07, 6.45) is 3.40. The standard InChI is InChI=1S/C22H23N5O3/c1-2-30-22(28)18-20(24-17-8-4-3-5-9-17)25-19(16-7-6-10-23-15-16)26-21(18)27-11-13-29-14-12-27/h3-10,15H,2,11-14H2,1H3,(H,24,25,26). The van der Waals surface area contributed by atoms with Crippen LogP contribution < -0.4 is 10.2 Å². The van der Waals surface area contributed by atoms with Crippen LogP contribution in [-0.2, 0) is 9.47 Å². The minimum atomic E-state index is -0.463. The Kier molecular flexibility index (Phi) is 6.14. The fourth-order valence-corrected chi connectivity index (χ4v) is 3.22. The normalized spacial score (nSPS) is 13.7. The van der Waals surface area contributed by atoms with Crippen molar-refractivity contribution in [1.29, 1.82) is 0 Å². The Morgan fingerprint density at radius 2 is 1.93 bits per heavy atom. The van der Waals surface area contributed by atoms with Gasteiger partial charge in [-0.25, -0.2) is 14.8 Å². The van der Waals surface area contributed by atoms with E-state index in [0.717, 1.165) is 11.3 Å². The van der Waals surface area contributed by atoms with Crippen LogP contribution in [0, 0.1) is 0 Å². The Balaban J connectivity index is 1.88. The van der Waals surface area contributed by atoms with Gasteiger partial charge in [0, 0.05) is 36.7 Å². The first kappa shape index (κ1) is 19.8. The number of aromatic nitrogens is 3. The molecule has 2 aromatic heterocycles. The monoisotopic (exact) mass is 405 g/mol. The highest BCUT2D eigenvalue weighted by molar-refractivity contribution is 6.01. The number of hydrogen-bond donors (Lipinski definition) is 1. The highest BCUT2D eigenvalue weighted by Gasteiger charge is 2.27. The summed E-state index contributed by atoms with van der Waals surface area (Å²) in [6.45, 7) is 4.42. The smallest absolute Gasteiger partial charge is 0.345 e. The maximum absolute atomic E-state index is 13.0. The molecule has 0 amide bonds. The number of esters is 1. The summed E-state index contributed by atoms with van der Waals surface area (Å²) < 4.78 is 10.8. The number of nitrogens with one attached hydrogen (secondary N) is 1. The van der Waals surface area contributed by atoms with E-state index in [1.54, 1.807) is 19.3 Å². The topological polar surface area (TPSA) is 89.5 Å². The summed E-state index contributed by atoms with van der Waals surface area (Å²) in [5, 5.41) is 3.27. The van der Waals surface area contributed by atoms with E-state index in [2.05, 4.69) is 15.3 Å². The molecule has 0 unspecified atom stereocenters. The van der Waals surface area contributed by atoms with Crippen LogP contribution in [0.2, 0.25) is 0 Å². The third-order valence-electron chi connectivity index (χ3n) is 4.64. The average molecular weight is 405 g/mol. The number of benzene rings is 1. The van der Waals surface area contributed by atoms with Gasteiger partial charge in [-0.3, -0.25) is 4.98 Å². The van der Waals surface area contributed by atoms with Crippen molar-refractivity contribution in [1.82, 2.24) is 15.0 Å². The summed E-state index contributed by atoms with van der Waals surface area (Å²) in [6, 6.07) is 13.3. The molecule has 8 nitrogen and oxygen atoms in total. The molecule has 0 aliphatic carbocycles. The van der Waals surface area contributed by atoms with Crippen molar-refractivity contribution >= 4 is 23.3 Å². The van der Waals surface area contributed by atoms with Gasteiger partial charge in [0.2, 0.25) is 0 Å². The first-order valence-electron chi connectivity index (χ1n) is 9.90. The Hall–Kier alpha value is -3.52. The summed E-state index contributed by atoms with van der Waals surface area (Å²) in [7, 11) is 0. The molecule has 1 aromatic carbocycles. The molecule has 0 atom stereocenters. The molecule has 3 heterocycles. The van der Waals surface area contributed by atoms with Crippen LogP contribution in [0.15, 0.2) is 54.9 Å². The molecule has 1 N–H and O–H groups in total. The van der Waals surface area contributed by atoms with Gasteiger partial charge < -0.3 is 19.7 Å². The van der Waals surface area contributed by atoms with Crippen LogP contribution in [0.1, 0.15) is 17.3 Å². The van der Waals surface area contributed by atoms with Crippen LogP contribution in [0.3, 0.4) is 0 Å². The zero-order chi connectivity index (χ0) is 20.8. The summed E-state index contributed by atoms with van der Waals surface area (Å²) in [5.74, 6) is 0.949. The number of nitrogens with zero attached hydrogens (tertiary/aromatic N) is 4. The van der Waals surface area contributed by atoms with Crippen LogP contribution in [0.25, 0.3) is 11.4 Å². The molecule has 3 aromatic rings. The predicted molar refractivity (Wildman–Crippen MR) is 114 cm³/mol. The van der Waals surface area contributed by atoms with Gasteiger partial charge in [-0.1, -0.05) is 18.2 Å². The Morgan fingerprint density at radius 1 is 1.13 bits per heavy atom. The Bertz CT molecular complexity index is 992. The number of ether oxygens (including phenoxy) is 2. The maximum Gasteiger partial charge on any atom is 0.345 e. The van der Waals surface area contributed by atoms with Crippen molar-refractivity contribution < 1.29 is 14.3 Å². The van der Waals surface area contributed by atoms with Gasteiger partial charge in [0.05, 0.1) is 19.8 Å². The van der Waals surface area contributed by atoms with Crippen molar-refractivity contribution in [3.63, 3.8) is 0 Å². The van der Waals surface area contributed by atoms with Gasteiger partial charge in [-0.2, -0.15) is 0 Å². The van der Waals surface area contributed by atoms with Crippen LogP contribution in [0.5, 0.6) is 0 Å². The molecule has 0 saturated carbocycles. The van der Waals surface area contributed by atoms with E-state index in [1.807, 2.05) is 47.4 Å². The van der Waals surface area contributed by atoms with E-state index in [-0.39, 0.29) is 6.61 Å².